The van der Waals surface area contributed by atoms with Gasteiger partial charge in [0.25, 0.3) is 0 Å². The molecule has 3 nitrogen and oxygen atoms in total. The van der Waals surface area contributed by atoms with E-state index < -0.39 is 5.41 Å². The van der Waals surface area contributed by atoms with E-state index in [1.54, 1.807) is 6.92 Å². The molecule has 0 radical (unpaired) electrons. The highest BCUT2D eigenvalue weighted by molar-refractivity contribution is 9.10. The van der Waals surface area contributed by atoms with E-state index in [0.29, 0.717) is 12.1 Å². The van der Waals surface area contributed by atoms with Gasteiger partial charge in [-0.25, -0.2) is 4.39 Å². The van der Waals surface area contributed by atoms with Crippen LogP contribution in [0.2, 0.25) is 0 Å². The second-order valence-corrected chi connectivity index (χ2v) is 5.43. The maximum absolute atomic E-state index is 13.1. The van der Waals surface area contributed by atoms with E-state index in [1.807, 2.05) is 6.92 Å². The molecular formula is C12H14BrFN2OS. The zero-order chi connectivity index (χ0) is 13.9. The Morgan fingerprint density at radius 3 is 2.67 bits per heavy atom. The third kappa shape index (κ3) is 3.05. The Bertz CT molecular complexity index is 495. The van der Waals surface area contributed by atoms with Crippen LogP contribution in [0, 0.1) is 11.2 Å². The molecule has 1 rings (SSSR count). The summed E-state index contributed by atoms with van der Waals surface area (Å²) in [6.07, 6.45) is 0.497. The van der Waals surface area contributed by atoms with Gasteiger partial charge in [-0.05, 0) is 47.5 Å². The second kappa shape index (κ2) is 5.75. The molecule has 18 heavy (non-hydrogen) atoms. The average Bonchev–Trinajstić information content (AvgIpc) is 2.32. The summed E-state index contributed by atoms with van der Waals surface area (Å²) in [5.74, 6) is -0.684. The summed E-state index contributed by atoms with van der Waals surface area (Å²) >= 11 is 7.97. The van der Waals surface area contributed by atoms with Crippen LogP contribution < -0.4 is 11.1 Å². The van der Waals surface area contributed by atoms with Gasteiger partial charge in [-0.3, -0.25) is 4.79 Å². The number of nitrogens with two attached hydrogens (primary N) is 1. The number of nitrogens with one attached hydrogen (secondary N) is 1. The standard InChI is InChI=1S/C12H14BrFN2OS/c1-3-12(2,10(15)18)11(17)16-7-4-5-9(14)8(13)6-7/h4-6H,3H2,1-2H3,(H2,15,18)(H,16,17). The van der Waals surface area contributed by atoms with Gasteiger partial charge in [0.15, 0.2) is 0 Å². The minimum atomic E-state index is -0.907. The highest BCUT2D eigenvalue weighted by Crippen LogP contribution is 2.26. The molecule has 1 atom stereocenters. The van der Waals surface area contributed by atoms with E-state index in [9.17, 15) is 9.18 Å². The molecular weight excluding hydrogens is 319 g/mol. The molecule has 98 valence electrons. The summed E-state index contributed by atoms with van der Waals surface area (Å²) in [5.41, 5.74) is 5.17. The molecule has 1 aromatic rings. The van der Waals surface area contributed by atoms with Crippen molar-refractivity contribution < 1.29 is 9.18 Å². The number of rotatable bonds is 4. The van der Waals surface area contributed by atoms with E-state index >= 15 is 0 Å². The van der Waals surface area contributed by atoms with Gasteiger partial charge in [-0.1, -0.05) is 19.1 Å². The number of amides is 1. The molecule has 0 aromatic heterocycles. The number of halogens is 2. The maximum Gasteiger partial charge on any atom is 0.237 e. The number of hydrogen-bond acceptors (Lipinski definition) is 2. The number of thiocarbonyl (C=S) groups is 1. The molecule has 1 amide bonds. The molecule has 6 heteroatoms. The summed E-state index contributed by atoms with van der Waals surface area (Å²) in [5, 5.41) is 2.68. The number of carbonyl (C=O) groups excluding carboxylic acids is 1. The van der Waals surface area contributed by atoms with Gasteiger partial charge in [0.1, 0.15) is 5.82 Å². The third-order valence-electron chi connectivity index (χ3n) is 2.93. The molecule has 0 fully saturated rings. The molecule has 0 bridgehead atoms. The fourth-order valence-electron chi connectivity index (χ4n) is 1.29. The highest BCUT2D eigenvalue weighted by Gasteiger charge is 2.34. The van der Waals surface area contributed by atoms with Crippen molar-refractivity contribution in [2.45, 2.75) is 20.3 Å². The predicted molar refractivity (Wildman–Crippen MR) is 77.9 cm³/mol. The van der Waals surface area contributed by atoms with Crippen molar-refractivity contribution in [3.8, 4) is 0 Å². The van der Waals surface area contributed by atoms with Crippen molar-refractivity contribution >= 4 is 44.7 Å². The van der Waals surface area contributed by atoms with Crippen LogP contribution in [0.3, 0.4) is 0 Å². The summed E-state index contributed by atoms with van der Waals surface area (Å²) in [7, 11) is 0. The fraction of sp³-hybridized carbons (Fsp3) is 0.333. The minimum Gasteiger partial charge on any atom is -0.392 e. The van der Waals surface area contributed by atoms with Crippen molar-refractivity contribution in [2.75, 3.05) is 5.32 Å². The van der Waals surface area contributed by atoms with Crippen LogP contribution in [-0.2, 0) is 4.79 Å². The number of hydrogen-bond donors (Lipinski definition) is 2. The highest BCUT2D eigenvalue weighted by atomic mass is 79.9. The normalized spacial score (nSPS) is 13.8. The summed E-state index contributed by atoms with van der Waals surface area (Å²) in [6, 6.07) is 4.24. The Hall–Kier alpha value is -1.01. The van der Waals surface area contributed by atoms with Gasteiger partial charge < -0.3 is 11.1 Å². The Labute approximate surface area is 119 Å². The van der Waals surface area contributed by atoms with Crippen molar-refractivity contribution in [3.05, 3.63) is 28.5 Å². The summed E-state index contributed by atoms with van der Waals surface area (Å²) < 4.78 is 13.4. The van der Waals surface area contributed by atoms with Crippen LogP contribution in [0.25, 0.3) is 0 Å². The molecule has 0 saturated carbocycles. The van der Waals surface area contributed by atoms with Crippen molar-refractivity contribution in [1.82, 2.24) is 0 Å². The zero-order valence-corrected chi connectivity index (χ0v) is 12.5. The van der Waals surface area contributed by atoms with Crippen LogP contribution in [-0.4, -0.2) is 10.9 Å². The third-order valence-corrected chi connectivity index (χ3v) is 3.99. The van der Waals surface area contributed by atoms with Gasteiger partial charge in [0.05, 0.1) is 14.9 Å². The molecule has 0 aliphatic rings. The van der Waals surface area contributed by atoms with E-state index in [4.69, 9.17) is 18.0 Å². The molecule has 0 aliphatic carbocycles. The lowest BCUT2D eigenvalue weighted by molar-refractivity contribution is -0.121. The van der Waals surface area contributed by atoms with Crippen molar-refractivity contribution in [1.29, 1.82) is 0 Å². The lowest BCUT2D eigenvalue weighted by Gasteiger charge is -2.25. The summed E-state index contributed by atoms with van der Waals surface area (Å²) in [4.78, 5) is 12.3. The Morgan fingerprint density at radius 2 is 2.22 bits per heavy atom. The van der Waals surface area contributed by atoms with Crippen LogP contribution in [0.1, 0.15) is 20.3 Å². The average molecular weight is 333 g/mol. The van der Waals surface area contributed by atoms with Gasteiger partial charge in [0, 0.05) is 5.69 Å². The van der Waals surface area contributed by atoms with Crippen LogP contribution in [0.15, 0.2) is 22.7 Å². The van der Waals surface area contributed by atoms with Crippen LogP contribution in [0.5, 0.6) is 0 Å². The number of anilines is 1. The molecule has 1 unspecified atom stereocenters. The van der Waals surface area contributed by atoms with Gasteiger partial charge in [-0.2, -0.15) is 0 Å². The quantitative estimate of drug-likeness (QED) is 0.832. The molecule has 0 aliphatic heterocycles. The molecule has 0 saturated heterocycles. The zero-order valence-electron chi connectivity index (χ0n) is 10.1. The molecule has 0 heterocycles. The predicted octanol–water partition coefficient (Wildman–Crippen LogP) is 3.23. The maximum atomic E-state index is 13.1. The molecule has 3 N–H and O–H groups in total. The topological polar surface area (TPSA) is 55.1 Å². The second-order valence-electron chi connectivity index (χ2n) is 4.13. The SMILES string of the molecule is CCC(C)(C(=O)Nc1ccc(F)c(Br)c1)C(N)=S. The minimum absolute atomic E-state index is 0.142. The van der Waals surface area contributed by atoms with Crippen LogP contribution >= 0.6 is 28.1 Å². The molecule has 0 spiro atoms. The van der Waals surface area contributed by atoms with E-state index in [2.05, 4.69) is 21.2 Å². The van der Waals surface area contributed by atoms with Crippen LogP contribution in [0.4, 0.5) is 10.1 Å². The van der Waals surface area contributed by atoms with Crippen molar-refractivity contribution in [3.63, 3.8) is 0 Å². The smallest absolute Gasteiger partial charge is 0.237 e. The van der Waals surface area contributed by atoms with Gasteiger partial charge in [-0.15, -0.1) is 0 Å². The first-order valence-electron chi connectivity index (χ1n) is 5.37. The van der Waals surface area contributed by atoms with E-state index in [-0.39, 0.29) is 21.2 Å². The Kier molecular flexibility index (Phi) is 4.81. The monoisotopic (exact) mass is 332 g/mol. The van der Waals surface area contributed by atoms with Gasteiger partial charge >= 0.3 is 0 Å². The number of benzene rings is 1. The first-order chi connectivity index (χ1) is 8.31. The fourth-order valence-corrected chi connectivity index (χ4v) is 1.91. The Morgan fingerprint density at radius 1 is 1.61 bits per heavy atom. The summed E-state index contributed by atoms with van der Waals surface area (Å²) in [6.45, 7) is 3.52. The van der Waals surface area contributed by atoms with Crippen molar-refractivity contribution in [2.24, 2.45) is 11.1 Å². The van der Waals surface area contributed by atoms with E-state index in [0.717, 1.165) is 0 Å². The molecule has 1 aromatic carbocycles. The Balaban J connectivity index is 2.93. The first-order valence-corrected chi connectivity index (χ1v) is 6.57. The number of carbonyl (C=O) groups is 1. The largest absolute Gasteiger partial charge is 0.392 e. The van der Waals surface area contributed by atoms with Gasteiger partial charge in [0.2, 0.25) is 5.91 Å². The lowest BCUT2D eigenvalue weighted by Crippen LogP contribution is -2.43. The lowest BCUT2D eigenvalue weighted by atomic mass is 9.86. The first kappa shape index (κ1) is 15.0. The van der Waals surface area contributed by atoms with E-state index in [1.165, 1.54) is 18.2 Å².